The van der Waals surface area contributed by atoms with Gasteiger partial charge in [0.05, 0.1) is 0 Å². The van der Waals surface area contributed by atoms with E-state index in [9.17, 15) is 4.79 Å². The maximum Gasteiger partial charge on any atom is 0.220 e. The van der Waals surface area contributed by atoms with Crippen LogP contribution in [0.15, 0.2) is 0 Å². The van der Waals surface area contributed by atoms with Crippen LogP contribution in [0.4, 0.5) is 0 Å². The summed E-state index contributed by atoms with van der Waals surface area (Å²) < 4.78 is 0. The van der Waals surface area contributed by atoms with Gasteiger partial charge < -0.3 is 10.6 Å². The summed E-state index contributed by atoms with van der Waals surface area (Å²) in [5.74, 6) is 0.195. The molecule has 3 nitrogen and oxygen atoms in total. The number of hydrogen-bond acceptors (Lipinski definition) is 2. The highest BCUT2D eigenvalue weighted by atomic mass is 16.1. The van der Waals surface area contributed by atoms with Gasteiger partial charge in [-0.15, -0.1) is 0 Å². The van der Waals surface area contributed by atoms with Crippen molar-refractivity contribution in [2.45, 2.75) is 79.2 Å². The molecule has 0 saturated carbocycles. The lowest BCUT2D eigenvalue weighted by molar-refractivity contribution is -0.123. The standard InChI is InChI=1S/C16H34N2O/c1-7-15(4,5)18-12-10-11-17-14(19)13-16(6,8-2)9-3/h18H,7-13H2,1-6H3,(H,17,19). The van der Waals surface area contributed by atoms with Gasteiger partial charge in [-0.05, 0) is 38.6 Å². The quantitative estimate of drug-likeness (QED) is 0.597. The fourth-order valence-electron chi connectivity index (χ4n) is 1.82. The summed E-state index contributed by atoms with van der Waals surface area (Å²) in [6, 6.07) is 0. The first-order valence-corrected chi connectivity index (χ1v) is 7.80. The van der Waals surface area contributed by atoms with E-state index in [1.807, 2.05) is 0 Å². The Labute approximate surface area is 119 Å². The van der Waals surface area contributed by atoms with Crippen molar-refractivity contribution in [3.05, 3.63) is 0 Å². The number of amides is 1. The Bertz CT molecular complexity index is 257. The third-order valence-corrected chi connectivity index (χ3v) is 4.46. The Kier molecular flexibility index (Phi) is 8.31. The Balaban J connectivity index is 3.76. The number of rotatable bonds is 10. The van der Waals surface area contributed by atoms with Gasteiger partial charge in [-0.25, -0.2) is 0 Å². The molecule has 114 valence electrons. The van der Waals surface area contributed by atoms with Crippen molar-refractivity contribution >= 4 is 5.91 Å². The summed E-state index contributed by atoms with van der Waals surface area (Å²) in [5.41, 5.74) is 0.361. The number of carbonyl (C=O) groups is 1. The Morgan fingerprint density at radius 2 is 1.53 bits per heavy atom. The van der Waals surface area contributed by atoms with Crippen LogP contribution in [-0.4, -0.2) is 24.5 Å². The predicted molar refractivity (Wildman–Crippen MR) is 83.3 cm³/mol. The van der Waals surface area contributed by atoms with Crippen molar-refractivity contribution in [1.29, 1.82) is 0 Å². The highest BCUT2D eigenvalue weighted by Crippen LogP contribution is 2.29. The average Bonchev–Trinajstić information content (AvgIpc) is 2.38. The highest BCUT2D eigenvalue weighted by Gasteiger charge is 2.23. The van der Waals surface area contributed by atoms with Crippen LogP contribution in [0.3, 0.4) is 0 Å². The summed E-state index contributed by atoms with van der Waals surface area (Å²) in [4.78, 5) is 11.9. The molecule has 3 heteroatoms. The van der Waals surface area contributed by atoms with Crippen molar-refractivity contribution in [2.75, 3.05) is 13.1 Å². The fraction of sp³-hybridized carbons (Fsp3) is 0.938. The molecule has 0 saturated heterocycles. The van der Waals surface area contributed by atoms with Crippen molar-refractivity contribution in [3.8, 4) is 0 Å². The summed E-state index contributed by atoms with van der Waals surface area (Å²) >= 11 is 0. The SMILES string of the molecule is CCC(C)(CC)CC(=O)NCCCNC(C)(C)CC. The zero-order chi connectivity index (χ0) is 14.9. The van der Waals surface area contributed by atoms with Crippen LogP contribution < -0.4 is 10.6 Å². The van der Waals surface area contributed by atoms with E-state index in [1.165, 1.54) is 0 Å². The topological polar surface area (TPSA) is 41.1 Å². The van der Waals surface area contributed by atoms with Gasteiger partial charge in [0.15, 0.2) is 0 Å². The van der Waals surface area contributed by atoms with Gasteiger partial charge in [0, 0.05) is 18.5 Å². The van der Waals surface area contributed by atoms with Gasteiger partial charge in [0.1, 0.15) is 0 Å². The molecule has 0 aromatic rings. The molecule has 0 aromatic carbocycles. The fourth-order valence-corrected chi connectivity index (χ4v) is 1.82. The van der Waals surface area contributed by atoms with E-state index in [4.69, 9.17) is 0 Å². The maximum atomic E-state index is 11.9. The first-order valence-electron chi connectivity index (χ1n) is 7.80. The van der Waals surface area contributed by atoms with E-state index in [0.717, 1.165) is 38.8 Å². The minimum Gasteiger partial charge on any atom is -0.356 e. The molecular formula is C16H34N2O. The maximum absolute atomic E-state index is 11.9. The van der Waals surface area contributed by atoms with Crippen molar-refractivity contribution in [2.24, 2.45) is 5.41 Å². The second-order valence-electron chi connectivity index (χ2n) is 6.56. The number of hydrogen-bond donors (Lipinski definition) is 2. The number of nitrogens with one attached hydrogen (secondary N) is 2. The average molecular weight is 270 g/mol. The molecule has 0 aromatic heterocycles. The zero-order valence-electron chi connectivity index (χ0n) is 13.9. The van der Waals surface area contributed by atoms with Gasteiger partial charge >= 0.3 is 0 Å². The van der Waals surface area contributed by atoms with E-state index >= 15 is 0 Å². The van der Waals surface area contributed by atoms with Crippen molar-refractivity contribution in [3.63, 3.8) is 0 Å². The third kappa shape index (κ3) is 8.25. The molecule has 0 unspecified atom stereocenters. The molecule has 0 atom stereocenters. The Morgan fingerprint density at radius 3 is 2.00 bits per heavy atom. The van der Waals surface area contributed by atoms with Gasteiger partial charge in [0.2, 0.25) is 5.91 Å². The minimum atomic E-state index is 0.159. The molecular weight excluding hydrogens is 236 g/mol. The summed E-state index contributed by atoms with van der Waals surface area (Å²) in [7, 11) is 0. The Hall–Kier alpha value is -0.570. The molecule has 0 radical (unpaired) electrons. The van der Waals surface area contributed by atoms with Crippen LogP contribution >= 0.6 is 0 Å². The molecule has 0 bridgehead atoms. The molecule has 0 aliphatic rings. The zero-order valence-corrected chi connectivity index (χ0v) is 13.9. The van der Waals surface area contributed by atoms with E-state index in [0.29, 0.717) is 6.42 Å². The van der Waals surface area contributed by atoms with E-state index in [2.05, 4.69) is 52.2 Å². The van der Waals surface area contributed by atoms with Crippen LogP contribution in [0.5, 0.6) is 0 Å². The van der Waals surface area contributed by atoms with Gasteiger partial charge in [-0.1, -0.05) is 40.5 Å². The smallest absolute Gasteiger partial charge is 0.220 e. The molecule has 0 heterocycles. The van der Waals surface area contributed by atoms with Gasteiger partial charge in [-0.2, -0.15) is 0 Å². The lowest BCUT2D eigenvalue weighted by Crippen LogP contribution is -2.40. The molecule has 0 rings (SSSR count). The molecule has 19 heavy (non-hydrogen) atoms. The minimum absolute atomic E-state index is 0.159. The first-order chi connectivity index (χ1) is 8.78. The lowest BCUT2D eigenvalue weighted by Gasteiger charge is -2.26. The van der Waals surface area contributed by atoms with E-state index < -0.39 is 0 Å². The van der Waals surface area contributed by atoms with E-state index in [1.54, 1.807) is 0 Å². The second kappa shape index (κ2) is 8.57. The van der Waals surface area contributed by atoms with Gasteiger partial charge in [-0.3, -0.25) is 4.79 Å². The van der Waals surface area contributed by atoms with Crippen LogP contribution in [0.25, 0.3) is 0 Å². The van der Waals surface area contributed by atoms with Crippen LogP contribution in [0.2, 0.25) is 0 Å². The molecule has 2 N–H and O–H groups in total. The summed E-state index contributed by atoms with van der Waals surface area (Å²) in [6.07, 6.45) is 4.87. The molecule has 0 aliphatic heterocycles. The summed E-state index contributed by atoms with van der Waals surface area (Å²) in [6.45, 7) is 14.8. The molecule has 0 aliphatic carbocycles. The summed E-state index contributed by atoms with van der Waals surface area (Å²) in [5, 5.41) is 6.53. The number of carbonyl (C=O) groups excluding carboxylic acids is 1. The van der Waals surface area contributed by atoms with E-state index in [-0.39, 0.29) is 16.9 Å². The third-order valence-electron chi connectivity index (χ3n) is 4.46. The molecule has 1 amide bonds. The normalized spacial score (nSPS) is 12.5. The van der Waals surface area contributed by atoms with Crippen LogP contribution in [0, 0.1) is 5.41 Å². The lowest BCUT2D eigenvalue weighted by atomic mass is 9.81. The largest absolute Gasteiger partial charge is 0.356 e. The second-order valence-corrected chi connectivity index (χ2v) is 6.56. The van der Waals surface area contributed by atoms with Gasteiger partial charge in [0.25, 0.3) is 0 Å². The molecule has 0 spiro atoms. The first kappa shape index (κ1) is 18.4. The Morgan fingerprint density at radius 1 is 0.947 bits per heavy atom. The predicted octanol–water partition coefficient (Wildman–Crippen LogP) is 3.49. The van der Waals surface area contributed by atoms with Crippen LogP contribution in [-0.2, 0) is 4.79 Å². The van der Waals surface area contributed by atoms with Crippen LogP contribution in [0.1, 0.15) is 73.6 Å². The van der Waals surface area contributed by atoms with Crippen molar-refractivity contribution in [1.82, 2.24) is 10.6 Å². The molecule has 0 fully saturated rings. The monoisotopic (exact) mass is 270 g/mol. The highest BCUT2D eigenvalue weighted by molar-refractivity contribution is 5.76. The van der Waals surface area contributed by atoms with Crippen molar-refractivity contribution < 1.29 is 4.79 Å².